The van der Waals surface area contributed by atoms with E-state index in [4.69, 9.17) is 14.2 Å². The van der Waals surface area contributed by atoms with Gasteiger partial charge in [0.2, 0.25) is 12.8 Å². The van der Waals surface area contributed by atoms with Gasteiger partial charge >= 0.3 is 0 Å². The second kappa shape index (κ2) is 10.9. The number of hydroxylamine groups is 1. The quantitative estimate of drug-likeness (QED) is 0.417. The van der Waals surface area contributed by atoms with E-state index in [2.05, 4.69) is 0 Å². The molecule has 1 aliphatic heterocycles. The van der Waals surface area contributed by atoms with E-state index in [1.807, 2.05) is 91.0 Å². The first-order chi connectivity index (χ1) is 15.3. The van der Waals surface area contributed by atoms with Crippen LogP contribution in [0.5, 0.6) is 0 Å². The van der Waals surface area contributed by atoms with Crippen LogP contribution >= 0.6 is 0 Å². The Hall–Kier alpha value is -2.99. The van der Waals surface area contributed by atoms with E-state index in [1.54, 1.807) is 6.21 Å². The molecule has 3 unspecified atom stereocenters. The summed E-state index contributed by atoms with van der Waals surface area (Å²) in [6.07, 6.45) is 0.528. The van der Waals surface area contributed by atoms with E-state index >= 15 is 0 Å². The lowest BCUT2D eigenvalue weighted by Gasteiger charge is -2.31. The van der Waals surface area contributed by atoms with Crippen LogP contribution in [0.1, 0.15) is 16.7 Å². The standard InChI is InChI=1S/C26H28NO4/c28-27-16-24(29-18-21-10-4-1-5-11-21)26(31-20-23-14-8-3-9-15-23)25(17-27)30-19-22-12-6-2-7-13-22/h1-16,24-26,28H,17-20H2/q+1. The molecule has 3 aromatic carbocycles. The van der Waals surface area contributed by atoms with Crippen LogP contribution in [0.4, 0.5) is 0 Å². The van der Waals surface area contributed by atoms with Crippen molar-refractivity contribution in [2.24, 2.45) is 0 Å². The van der Waals surface area contributed by atoms with Gasteiger partial charge in [-0.1, -0.05) is 91.0 Å². The van der Waals surface area contributed by atoms with Crippen LogP contribution in [-0.2, 0) is 34.0 Å². The molecule has 1 aliphatic rings. The lowest BCUT2D eigenvalue weighted by atomic mass is 10.0. The van der Waals surface area contributed by atoms with Crippen molar-refractivity contribution >= 4 is 6.21 Å². The number of ether oxygens (including phenoxy) is 3. The lowest BCUT2D eigenvalue weighted by Crippen LogP contribution is -2.52. The van der Waals surface area contributed by atoms with Gasteiger partial charge in [-0.2, -0.15) is 0 Å². The fraction of sp³-hybridized carbons (Fsp3) is 0.269. The summed E-state index contributed by atoms with van der Waals surface area (Å²) >= 11 is 0. The number of nitrogens with zero attached hydrogens (tertiary/aromatic N) is 1. The van der Waals surface area contributed by atoms with Crippen molar-refractivity contribution in [2.45, 2.75) is 38.1 Å². The number of rotatable bonds is 9. The van der Waals surface area contributed by atoms with Gasteiger partial charge in [-0.3, -0.25) is 5.21 Å². The Bertz CT molecular complexity index is 947. The molecule has 0 aliphatic carbocycles. The summed E-state index contributed by atoms with van der Waals surface area (Å²) in [5.74, 6) is 0. The van der Waals surface area contributed by atoms with Crippen LogP contribution in [0.15, 0.2) is 91.0 Å². The van der Waals surface area contributed by atoms with E-state index in [-0.39, 0.29) is 12.2 Å². The van der Waals surface area contributed by atoms with Crippen LogP contribution in [0.3, 0.4) is 0 Å². The highest BCUT2D eigenvalue weighted by Gasteiger charge is 2.41. The first-order valence-corrected chi connectivity index (χ1v) is 10.5. The predicted molar refractivity (Wildman–Crippen MR) is 118 cm³/mol. The van der Waals surface area contributed by atoms with Gasteiger partial charge in [0.1, 0.15) is 6.10 Å². The van der Waals surface area contributed by atoms with E-state index in [1.165, 1.54) is 0 Å². The molecule has 0 aromatic heterocycles. The highest BCUT2D eigenvalue weighted by molar-refractivity contribution is 5.59. The molecule has 0 amide bonds. The third-order valence-corrected chi connectivity index (χ3v) is 5.25. The Kier molecular flexibility index (Phi) is 7.45. The van der Waals surface area contributed by atoms with Gasteiger partial charge in [-0.05, 0) is 21.4 Å². The Morgan fingerprint density at radius 2 is 1.10 bits per heavy atom. The van der Waals surface area contributed by atoms with Gasteiger partial charge in [-0.25, -0.2) is 0 Å². The minimum atomic E-state index is -0.441. The molecule has 5 heteroatoms. The van der Waals surface area contributed by atoms with Crippen LogP contribution in [-0.4, -0.2) is 41.0 Å². The highest BCUT2D eigenvalue weighted by atomic mass is 16.6. The van der Waals surface area contributed by atoms with Gasteiger partial charge in [0.05, 0.1) is 19.8 Å². The second-order valence-electron chi connectivity index (χ2n) is 7.63. The predicted octanol–water partition coefficient (Wildman–Crippen LogP) is 4.23. The molecule has 3 aromatic rings. The highest BCUT2D eigenvalue weighted by Crippen LogP contribution is 2.20. The summed E-state index contributed by atoms with van der Waals surface area (Å²) in [7, 11) is 0. The zero-order valence-corrected chi connectivity index (χ0v) is 17.4. The summed E-state index contributed by atoms with van der Waals surface area (Å²) in [6.45, 7) is 1.63. The third-order valence-electron chi connectivity index (χ3n) is 5.25. The average molecular weight is 419 g/mol. The van der Waals surface area contributed by atoms with Gasteiger partial charge in [-0.15, -0.1) is 0 Å². The summed E-state index contributed by atoms with van der Waals surface area (Å²) in [6, 6.07) is 30.0. The van der Waals surface area contributed by atoms with Crippen LogP contribution < -0.4 is 0 Å². The Morgan fingerprint density at radius 3 is 1.61 bits per heavy atom. The maximum Gasteiger partial charge on any atom is 0.224 e. The van der Waals surface area contributed by atoms with Crippen molar-refractivity contribution in [1.29, 1.82) is 0 Å². The Morgan fingerprint density at radius 1 is 0.645 bits per heavy atom. The molecule has 1 heterocycles. The SMILES string of the molecule is O[N+]1=CC(OCc2ccccc2)C(OCc2ccccc2)C(OCc2ccccc2)C1. The van der Waals surface area contributed by atoms with E-state index < -0.39 is 6.10 Å². The van der Waals surface area contributed by atoms with Gasteiger partial charge in [0.15, 0.2) is 12.2 Å². The molecule has 0 radical (unpaired) electrons. The zero-order valence-electron chi connectivity index (χ0n) is 17.4. The molecule has 0 spiro atoms. The summed E-state index contributed by atoms with van der Waals surface area (Å²) in [4.78, 5) is 0. The smallest absolute Gasteiger partial charge is 0.224 e. The van der Waals surface area contributed by atoms with Crippen molar-refractivity contribution in [1.82, 2.24) is 0 Å². The minimum Gasteiger partial charge on any atom is -0.367 e. The normalized spacial score (nSPS) is 20.9. The summed E-state index contributed by atoms with van der Waals surface area (Å²) < 4.78 is 19.8. The maximum atomic E-state index is 10.3. The molecular formula is C26H28NO4+. The lowest BCUT2D eigenvalue weighted by molar-refractivity contribution is -0.780. The monoisotopic (exact) mass is 418 g/mol. The van der Waals surface area contributed by atoms with Gasteiger partial charge in [0, 0.05) is 0 Å². The van der Waals surface area contributed by atoms with E-state index in [0.717, 1.165) is 21.4 Å². The molecule has 0 fully saturated rings. The Labute approximate surface area is 183 Å². The molecule has 4 rings (SSSR count). The van der Waals surface area contributed by atoms with Gasteiger partial charge in [0.25, 0.3) is 0 Å². The minimum absolute atomic E-state index is 0.317. The van der Waals surface area contributed by atoms with Gasteiger partial charge < -0.3 is 14.2 Å². The topological polar surface area (TPSA) is 50.9 Å². The molecule has 5 nitrogen and oxygen atoms in total. The van der Waals surface area contributed by atoms with Crippen molar-refractivity contribution < 1.29 is 24.2 Å². The summed E-state index contributed by atoms with van der Waals surface area (Å²) in [5, 5.41) is 10.3. The average Bonchev–Trinajstić information content (AvgIpc) is 2.82. The zero-order chi connectivity index (χ0) is 21.3. The molecule has 1 N–H and O–H groups in total. The van der Waals surface area contributed by atoms with Crippen molar-refractivity contribution in [3.05, 3.63) is 108 Å². The molecule has 160 valence electrons. The Balaban J connectivity index is 1.47. The first kappa shape index (κ1) is 21.2. The molecule has 31 heavy (non-hydrogen) atoms. The summed E-state index contributed by atoms with van der Waals surface area (Å²) in [5.41, 5.74) is 3.22. The molecule has 0 saturated carbocycles. The first-order valence-electron chi connectivity index (χ1n) is 10.5. The van der Waals surface area contributed by atoms with Crippen molar-refractivity contribution in [3.63, 3.8) is 0 Å². The maximum absolute atomic E-state index is 10.3. The van der Waals surface area contributed by atoms with Crippen LogP contribution in [0.25, 0.3) is 0 Å². The molecule has 3 atom stereocenters. The molecular weight excluding hydrogens is 390 g/mol. The largest absolute Gasteiger partial charge is 0.367 e. The fourth-order valence-corrected chi connectivity index (χ4v) is 3.61. The fourth-order valence-electron chi connectivity index (χ4n) is 3.61. The van der Waals surface area contributed by atoms with E-state index in [0.29, 0.717) is 26.4 Å². The molecule has 0 bridgehead atoms. The van der Waals surface area contributed by atoms with E-state index in [9.17, 15) is 5.21 Å². The molecule has 0 saturated heterocycles. The second-order valence-corrected chi connectivity index (χ2v) is 7.63. The number of hydrogen-bond acceptors (Lipinski definition) is 4. The van der Waals surface area contributed by atoms with Crippen molar-refractivity contribution in [3.8, 4) is 0 Å². The van der Waals surface area contributed by atoms with Crippen LogP contribution in [0, 0.1) is 0 Å². The van der Waals surface area contributed by atoms with Crippen molar-refractivity contribution in [2.75, 3.05) is 6.54 Å². The van der Waals surface area contributed by atoms with Crippen LogP contribution in [0.2, 0.25) is 0 Å². The number of hydrogen-bond donors (Lipinski definition) is 1. The number of benzene rings is 3. The third kappa shape index (κ3) is 6.25.